The summed E-state index contributed by atoms with van der Waals surface area (Å²) in [5.74, 6) is 0.684. The maximum absolute atomic E-state index is 12.1. The molecule has 1 unspecified atom stereocenters. The van der Waals surface area contributed by atoms with E-state index in [2.05, 4.69) is 4.98 Å². The quantitative estimate of drug-likeness (QED) is 0.226. The molecule has 0 amide bonds. The van der Waals surface area contributed by atoms with Gasteiger partial charge in [-0.05, 0) is 24.6 Å². The predicted molar refractivity (Wildman–Crippen MR) is 133 cm³/mol. The molecule has 180 valence electrons. The Morgan fingerprint density at radius 1 is 0.829 bits per heavy atom. The molecule has 0 aliphatic heterocycles. The van der Waals surface area contributed by atoms with Gasteiger partial charge in [-0.3, -0.25) is 0 Å². The van der Waals surface area contributed by atoms with Crippen molar-refractivity contribution in [3.63, 3.8) is 0 Å². The number of carbonyl (C=O) groups is 1. The Labute approximate surface area is 204 Å². The minimum absolute atomic E-state index is 0.239. The highest BCUT2D eigenvalue weighted by atomic mass is 16.6. The first-order chi connectivity index (χ1) is 17.2. The van der Waals surface area contributed by atoms with Crippen molar-refractivity contribution in [1.82, 2.24) is 9.97 Å². The first-order valence-corrected chi connectivity index (χ1v) is 11.4. The fourth-order valence-corrected chi connectivity index (χ4v) is 3.55. The summed E-state index contributed by atoms with van der Waals surface area (Å²) in [6.07, 6.45) is -0.784. The lowest BCUT2D eigenvalue weighted by molar-refractivity contribution is -0.155. The second-order valence-electron chi connectivity index (χ2n) is 7.88. The number of nitrogens with zero attached hydrogens (tertiary/aromatic N) is 2. The van der Waals surface area contributed by atoms with Gasteiger partial charge in [0.05, 0.1) is 37.8 Å². The monoisotopic (exact) mass is 472 g/mol. The predicted octanol–water partition coefficient (Wildman–Crippen LogP) is 4.93. The van der Waals surface area contributed by atoms with Gasteiger partial charge in [-0.25, -0.2) is 9.78 Å². The molecule has 1 atom stereocenters. The van der Waals surface area contributed by atoms with Gasteiger partial charge in [0.15, 0.2) is 11.9 Å². The Morgan fingerprint density at radius 2 is 1.54 bits per heavy atom. The molecule has 0 aliphatic carbocycles. The normalized spacial score (nSPS) is 11.8. The SMILES string of the molecule is COC(=O)C(OCCOCCOc1nc(-c2ccc(C)cc2)nc2ccccc12)c1ccccc1. The van der Waals surface area contributed by atoms with Crippen molar-refractivity contribution in [1.29, 1.82) is 0 Å². The molecule has 35 heavy (non-hydrogen) atoms. The largest absolute Gasteiger partial charge is 0.475 e. The molecule has 0 radical (unpaired) electrons. The van der Waals surface area contributed by atoms with Gasteiger partial charge in [0.2, 0.25) is 5.88 Å². The van der Waals surface area contributed by atoms with E-state index in [0.29, 0.717) is 31.5 Å². The molecule has 1 aromatic heterocycles. The zero-order valence-electron chi connectivity index (χ0n) is 19.8. The summed E-state index contributed by atoms with van der Waals surface area (Å²) in [6, 6.07) is 25.1. The minimum Gasteiger partial charge on any atom is -0.475 e. The molecule has 4 aromatic rings. The number of fused-ring (bicyclic) bond motifs is 1. The molecule has 0 saturated heterocycles. The van der Waals surface area contributed by atoms with Crippen LogP contribution in [-0.2, 0) is 19.0 Å². The van der Waals surface area contributed by atoms with Crippen LogP contribution < -0.4 is 4.74 Å². The van der Waals surface area contributed by atoms with Crippen molar-refractivity contribution in [2.24, 2.45) is 0 Å². The number of aromatic nitrogens is 2. The van der Waals surface area contributed by atoms with Crippen LogP contribution >= 0.6 is 0 Å². The summed E-state index contributed by atoms with van der Waals surface area (Å²) in [6.45, 7) is 3.25. The van der Waals surface area contributed by atoms with E-state index in [4.69, 9.17) is 23.9 Å². The highest BCUT2D eigenvalue weighted by Crippen LogP contribution is 2.26. The lowest BCUT2D eigenvalue weighted by Crippen LogP contribution is -2.20. The first-order valence-electron chi connectivity index (χ1n) is 11.4. The van der Waals surface area contributed by atoms with E-state index in [-0.39, 0.29) is 6.61 Å². The average Bonchev–Trinajstić information content (AvgIpc) is 2.90. The van der Waals surface area contributed by atoms with Crippen molar-refractivity contribution < 1.29 is 23.7 Å². The molecule has 0 bridgehead atoms. The van der Waals surface area contributed by atoms with E-state index >= 15 is 0 Å². The third-order valence-electron chi connectivity index (χ3n) is 5.37. The van der Waals surface area contributed by atoms with Crippen molar-refractivity contribution in [3.05, 3.63) is 90.0 Å². The van der Waals surface area contributed by atoms with Gasteiger partial charge in [-0.2, -0.15) is 4.98 Å². The van der Waals surface area contributed by atoms with Crippen LogP contribution in [0, 0.1) is 6.92 Å². The molecule has 7 heteroatoms. The fourth-order valence-electron chi connectivity index (χ4n) is 3.55. The molecule has 0 spiro atoms. The highest BCUT2D eigenvalue weighted by molar-refractivity contribution is 5.85. The molecule has 0 fully saturated rings. The van der Waals surface area contributed by atoms with E-state index < -0.39 is 12.1 Å². The zero-order chi connectivity index (χ0) is 24.5. The number of benzene rings is 3. The summed E-state index contributed by atoms with van der Waals surface area (Å²) in [5, 5.41) is 0.843. The lowest BCUT2D eigenvalue weighted by atomic mass is 10.1. The number of rotatable bonds is 11. The van der Waals surface area contributed by atoms with E-state index in [1.807, 2.05) is 85.8 Å². The molecule has 4 rings (SSSR count). The van der Waals surface area contributed by atoms with Gasteiger partial charge in [-0.1, -0.05) is 72.3 Å². The van der Waals surface area contributed by atoms with Crippen LogP contribution in [-0.4, -0.2) is 49.5 Å². The van der Waals surface area contributed by atoms with Crippen LogP contribution in [0.2, 0.25) is 0 Å². The van der Waals surface area contributed by atoms with Gasteiger partial charge >= 0.3 is 5.97 Å². The Hall–Kier alpha value is -3.81. The number of ether oxygens (including phenoxy) is 4. The van der Waals surface area contributed by atoms with E-state index in [9.17, 15) is 4.79 Å². The summed E-state index contributed by atoms with van der Waals surface area (Å²) in [5.41, 5.74) is 3.66. The van der Waals surface area contributed by atoms with Crippen LogP contribution in [0.15, 0.2) is 78.9 Å². The van der Waals surface area contributed by atoms with Gasteiger partial charge in [0.1, 0.15) is 6.61 Å². The maximum atomic E-state index is 12.1. The summed E-state index contributed by atoms with van der Waals surface area (Å²) >= 11 is 0. The minimum atomic E-state index is -0.784. The lowest BCUT2D eigenvalue weighted by Gasteiger charge is -2.16. The summed E-state index contributed by atoms with van der Waals surface area (Å²) in [4.78, 5) is 21.4. The van der Waals surface area contributed by atoms with Gasteiger partial charge in [0, 0.05) is 5.56 Å². The molecule has 0 saturated carbocycles. The summed E-state index contributed by atoms with van der Waals surface area (Å²) < 4.78 is 22.2. The standard InChI is InChI=1S/C28H28N2O5/c1-20-12-14-22(15-13-20)26-29-24-11-7-6-10-23(24)27(30-26)35-19-17-33-16-18-34-25(28(31)32-2)21-8-4-3-5-9-21/h3-15,25H,16-19H2,1-2H3. The maximum Gasteiger partial charge on any atom is 0.339 e. The number of para-hydroxylation sites is 1. The van der Waals surface area contributed by atoms with Crippen molar-refractivity contribution in [2.75, 3.05) is 33.5 Å². The van der Waals surface area contributed by atoms with E-state index in [1.54, 1.807) is 0 Å². The van der Waals surface area contributed by atoms with Crippen LogP contribution in [0.1, 0.15) is 17.2 Å². The third kappa shape index (κ3) is 6.41. The number of carbonyl (C=O) groups excluding carboxylic acids is 1. The zero-order valence-corrected chi connectivity index (χ0v) is 19.8. The van der Waals surface area contributed by atoms with Gasteiger partial charge in [0.25, 0.3) is 0 Å². The smallest absolute Gasteiger partial charge is 0.339 e. The Bertz CT molecular complexity index is 1250. The Morgan fingerprint density at radius 3 is 2.31 bits per heavy atom. The first kappa shape index (κ1) is 24.3. The topological polar surface area (TPSA) is 79.8 Å². The molecule has 1 heterocycles. The van der Waals surface area contributed by atoms with E-state index in [1.165, 1.54) is 12.7 Å². The Kier molecular flexibility index (Phi) is 8.38. The molecule has 7 nitrogen and oxygen atoms in total. The highest BCUT2D eigenvalue weighted by Gasteiger charge is 2.21. The van der Waals surface area contributed by atoms with Crippen molar-refractivity contribution >= 4 is 16.9 Å². The molecule has 0 aliphatic rings. The molecular weight excluding hydrogens is 444 g/mol. The molecule has 3 aromatic carbocycles. The molecular formula is C28H28N2O5. The van der Waals surface area contributed by atoms with Gasteiger partial charge < -0.3 is 18.9 Å². The van der Waals surface area contributed by atoms with Crippen molar-refractivity contribution in [3.8, 4) is 17.3 Å². The van der Waals surface area contributed by atoms with Crippen LogP contribution in [0.4, 0.5) is 0 Å². The fraction of sp³-hybridized carbons (Fsp3) is 0.250. The Balaban J connectivity index is 1.31. The second kappa shape index (κ2) is 12.1. The molecule has 0 N–H and O–H groups in total. The van der Waals surface area contributed by atoms with E-state index in [0.717, 1.165) is 22.0 Å². The average molecular weight is 473 g/mol. The third-order valence-corrected chi connectivity index (χ3v) is 5.37. The number of esters is 1. The second-order valence-corrected chi connectivity index (χ2v) is 7.88. The number of hydrogen-bond acceptors (Lipinski definition) is 7. The number of aryl methyl sites for hydroxylation is 1. The number of hydrogen-bond donors (Lipinski definition) is 0. The van der Waals surface area contributed by atoms with Crippen LogP contribution in [0.25, 0.3) is 22.3 Å². The number of methoxy groups -OCH3 is 1. The van der Waals surface area contributed by atoms with Crippen molar-refractivity contribution in [2.45, 2.75) is 13.0 Å². The van der Waals surface area contributed by atoms with Crippen LogP contribution in [0.5, 0.6) is 5.88 Å². The summed E-state index contributed by atoms with van der Waals surface area (Å²) in [7, 11) is 1.34. The van der Waals surface area contributed by atoms with Gasteiger partial charge in [-0.15, -0.1) is 0 Å². The van der Waals surface area contributed by atoms with Crippen LogP contribution in [0.3, 0.4) is 0 Å².